The minimum absolute atomic E-state index is 0.480. The molecule has 2 N–H and O–H groups in total. The van der Waals surface area contributed by atoms with Crippen molar-refractivity contribution >= 4 is 17.3 Å². The van der Waals surface area contributed by atoms with Gasteiger partial charge in [-0.05, 0) is 45.2 Å². The number of benzene rings is 1. The van der Waals surface area contributed by atoms with Gasteiger partial charge >= 0.3 is 0 Å². The number of aromatic nitrogens is 1. The van der Waals surface area contributed by atoms with Crippen LogP contribution in [0.15, 0.2) is 29.3 Å². The van der Waals surface area contributed by atoms with Crippen LogP contribution in [-0.2, 0) is 6.54 Å². The Hall–Kier alpha value is -1.88. The van der Waals surface area contributed by atoms with E-state index in [9.17, 15) is 0 Å². The molecule has 2 unspecified atom stereocenters. The zero-order valence-electron chi connectivity index (χ0n) is 14.9. The Bertz CT molecular complexity index is 735. The number of aryl methyl sites for hydroxylation is 3. The average Bonchev–Trinajstić information content (AvgIpc) is 3.22. The summed E-state index contributed by atoms with van der Waals surface area (Å²) in [6, 6.07) is 9.15. The molecular weight excluding hydrogens is 316 g/mol. The van der Waals surface area contributed by atoms with E-state index in [-0.39, 0.29) is 0 Å². The van der Waals surface area contributed by atoms with E-state index < -0.39 is 0 Å². The first kappa shape index (κ1) is 17.0. The molecule has 4 nitrogen and oxygen atoms in total. The van der Waals surface area contributed by atoms with Crippen molar-refractivity contribution in [2.45, 2.75) is 52.6 Å². The monoisotopic (exact) mass is 342 g/mol. The summed E-state index contributed by atoms with van der Waals surface area (Å²) in [5.41, 5.74) is 3.94. The van der Waals surface area contributed by atoms with E-state index in [2.05, 4.69) is 60.7 Å². The molecule has 0 amide bonds. The van der Waals surface area contributed by atoms with Crippen molar-refractivity contribution in [2.75, 3.05) is 6.54 Å². The number of thiazole rings is 1. The van der Waals surface area contributed by atoms with Crippen LogP contribution < -0.4 is 10.6 Å². The molecule has 5 heteroatoms. The normalized spacial score (nSPS) is 20.1. The van der Waals surface area contributed by atoms with E-state index in [0.717, 1.165) is 23.2 Å². The van der Waals surface area contributed by atoms with Gasteiger partial charge in [-0.3, -0.25) is 0 Å². The summed E-state index contributed by atoms with van der Waals surface area (Å²) in [5, 5.41) is 8.06. The maximum atomic E-state index is 4.75. The van der Waals surface area contributed by atoms with Crippen LogP contribution in [0, 0.1) is 20.8 Å². The molecule has 0 aliphatic heterocycles. The van der Waals surface area contributed by atoms with Crippen LogP contribution in [0.4, 0.5) is 0 Å². The fourth-order valence-corrected chi connectivity index (χ4v) is 3.93. The first-order valence-corrected chi connectivity index (χ1v) is 9.43. The lowest BCUT2D eigenvalue weighted by atomic mass is 10.0. The van der Waals surface area contributed by atoms with Crippen molar-refractivity contribution in [1.82, 2.24) is 15.6 Å². The fourth-order valence-electron chi connectivity index (χ4n) is 3.07. The highest BCUT2D eigenvalue weighted by atomic mass is 32.1. The van der Waals surface area contributed by atoms with E-state index in [0.29, 0.717) is 18.5 Å². The van der Waals surface area contributed by atoms with Crippen LogP contribution in [0.1, 0.15) is 46.0 Å². The van der Waals surface area contributed by atoms with Gasteiger partial charge in [-0.15, -0.1) is 11.3 Å². The molecule has 3 rings (SSSR count). The van der Waals surface area contributed by atoms with E-state index in [1.807, 2.05) is 6.92 Å². The summed E-state index contributed by atoms with van der Waals surface area (Å²) in [6.07, 6.45) is 1.17. The number of aliphatic imine (C=N–C) groups is 1. The Morgan fingerprint density at radius 2 is 2.08 bits per heavy atom. The zero-order chi connectivity index (χ0) is 17.1. The van der Waals surface area contributed by atoms with Gasteiger partial charge in [0.05, 0.1) is 17.2 Å². The topological polar surface area (TPSA) is 49.3 Å². The first-order chi connectivity index (χ1) is 11.6. The molecule has 128 valence electrons. The Morgan fingerprint density at radius 1 is 1.29 bits per heavy atom. The second-order valence-corrected chi connectivity index (χ2v) is 7.67. The quantitative estimate of drug-likeness (QED) is 0.644. The van der Waals surface area contributed by atoms with E-state index in [4.69, 9.17) is 4.99 Å². The molecule has 24 heavy (non-hydrogen) atoms. The second-order valence-electron chi connectivity index (χ2n) is 6.39. The number of rotatable bonds is 5. The predicted octanol–water partition coefficient (Wildman–Crippen LogP) is 3.68. The molecule has 2 aromatic rings. The van der Waals surface area contributed by atoms with Gasteiger partial charge in [-0.2, -0.15) is 0 Å². The van der Waals surface area contributed by atoms with Crippen molar-refractivity contribution in [3.63, 3.8) is 0 Å². The van der Waals surface area contributed by atoms with Gasteiger partial charge < -0.3 is 10.6 Å². The molecule has 1 fully saturated rings. The third-order valence-corrected chi connectivity index (χ3v) is 5.48. The number of nitrogens with zero attached hydrogens (tertiary/aromatic N) is 2. The summed E-state index contributed by atoms with van der Waals surface area (Å²) in [6.45, 7) is 9.96. The van der Waals surface area contributed by atoms with E-state index >= 15 is 0 Å². The molecule has 0 bridgehead atoms. The van der Waals surface area contributed by atoms with Gasteiger partial charge in [0.2, 0.25) is 0 Å². The number of guanidine groups is 1. The van der Waals surface area contributed by atoms with Crippen molar-refractivity contribution in [1.29, 1.82) is 0 Å². The molecule has 0 radical (unpaired) electrons. The van der Waals surface area contributed by atoms with Gasteiger partial charge in [-0.25, -0.2) is 9.98 Å². The van der Waals surface area contributed by atoms with Crippen molar-refractivity contribution in [3.05, 3.63) is 51.0 Å². The lowest BCUT2D eigenvalue weighted by Crippen LogP contribution is -2.39. The highest BCUT2D eigenvalue weighted by Crippen LogP contribution is 2.42. The minimum atomic E-state index is 0.480. The smallest absolute Gasteiger partial charge is 0.191 e. The highest BCUT2D eigenvalue weighted by Gasteiger charge is 2.39. The van der Waals surface area contributed by atoms with Crippen molar-refractivity contribution in [2.24, 2.45) is 4.99 Å². The molecule has 2 atom stereocenters. The summed E-state index contributed by atoms with van der Waals surface area (Å²) in [4.78, 5) is 10.5. The third kappa shape index (κ3) is 3.96. The minimum Gasteiger partial charge on any atom is -0.357 e. The molecular formula is C19H26N4S. The molecule has 0 spiro atoms. The maximum absolute atomic E-state index is 4.75. The zero-order valence-corrected chi connectivity index (χ0v) is 15.7. The second kappa shape index (κ2) is 7.34. The molecule has 1 aliphatic carbocycles. The standard InChI is InChI=1S/C19H26N4S/c1-5-20-19(21-11-18-13(3)22-14(4)24-18)23-17-10-16(17)15-9-7-6-8-12(15)2/h6-9,16-17H,5,10-11H2,1-4H3,(H2,20,21,23). The van der Waals surface area contributed by atoms with E-state index in [1.165, 1.54) is 22.4 Å². The largest absolute Gasteiger partial charge is 0.357 e. The summed E-state index contributed by atoms with van der Waals surface area (Å²) in [5.74, 6) is 1.51. The van der Waals surface area contributed by atoms with Crippen LogP contribution >= 0.6 is 11.3 Å². The van der Waals surface area contributed by atoms with Crippen molar-refractivity contribution < 1.29 is 0 Å². The molecule has 1 saturated carbocycles. The van der Waals surface area contributed by atoms with Crippen molar-refractivity contribution in [3.8, 4) is 0 Å². The third-order valence-electron chi connectivity index (χ3n) is 4.43. The maximum Gasteiger partial charge on any atom is 0.191 e. The van der Waals surface area contributed by atoms with Gasteiger partial charge in [0.25, 0.3) is 0 Å². The average molecular weight is 343 g/mol. The SMILES string of the molecule is CCNC(=NCc1sc(C)nc1C)NC1CC1c1ccccc1C. The number of hydrogen-bond acceptors (Lipinski definition) is 3. The predicted molar refractivity (Wildman–Crippen MR) is 102 cm³/mol. The Labute approximate surface area is 148 Å². The van der Waals surface area contributed by atoms with Gasteiger partial charge in [0, 0.05) is 23.4 Å². The van der Waals surface area contributed by atoms with Crippen LogP contribution in [0.5, 0.6) is 0 Å². The van der Waals surface area contributed by atoms with Crippen LogP contribution in [-0.4, -0.2) is 23.5 Å². The number of nitrogens with one attached hydrogen (secondary N) is 2. The van der Waals surface area contributed by atoms with Gasteiger partial charge in [0.15, 0.2) is 5.96 Å². The Morgan fingerprint density at radius 3 is 2.75 bits per heavy atom. The molecule has 1 aromatic carbocycles. The van der Waals surface area contributed by atoms with Crippen LogP contribution in [0.2, 0.25) is 0 Å². The lowest BCUT2D eigenvalue weighted by molar-refractivity contribution is 0.794. The summed E-state index contributed by atoms with van der Waals surface area (Å²) in [7, 11) is 0. The number of hydrogen-bond donors (Lipinski definition) is 2. The van der Waals surface area contributed by atoms with Gasteiger partial charge in [0.1, 0.15) is 0 Å². The summed E-state index contributed by atoms with van der Waals surface area (Å²) >= 11 is 1.73. The molecule has 1 aromatic heterocycles. The Kier molecular flexibility index (Phi) is 5.19. The molecule has 0 saturated heterocycles. The fraction of sp³-hybridized carbons (Fsp3) is 0.474. The lowest BCUT2D eigenvalue weighted by Gasteiger charge is -2.12. The highest BCUT2D eigenvalue weighted by molar-refractivity contribution is 7.11. The van der Waals surface area contributed by atoms with Crippen LogP contribution in [0.25, 0.3) is 0 Å². The molecule has 1 aliphatic rings. The van der Waals surface area contributed by atoms with Crippen LogP contribution in [0.3, 0.4) is 0 Å². The summed E-state index contributed by atoms with van der Waals surface area (Å²) < 4.78 is 0. The first-order valence-electron chi connectivity index (χ1n) is 8.61. The van der Waals surface area contributed by atoms with E-state index in [1.54, 1.807) is 11.3 Å². The van der Waals surface area contributed by atoms with Gasteiger partial charge in [-0.1, -0.05) is 24.3 Å². The Balaban J connectivity index is 1.64. The molecule has 1 heterocycles.